The highest BCUT2D eigenvalue weighted by Gasteiger charge is 2.28. The Balaban J connectivity index is 2.21. The third-order valence-electron chi connectivity index (χ3n) is 2.61. The van der Waals surface area contributed by atoms with E-state index in [-0.39, 0.29) is 18.9 Å². The Bertz CT molecular complexity index is 445. The smallest absolute Gasteiger partial charge is 0.322 e. The van der Waals surface area contributed by atoms with E-state index in [1.165, 1.54) is 0 Å². The number of nitrogens with two attached hydrogens (primary N) is 1. The lowest BCUT2D eigenvalue weighted by Crippen LogP contribution is -2.42. The molecular formula is C11H12N2O3. The standard InChI is InChI=1S/C11H12N2O3/c12-8(11(15)16)5-13-6-10(14)7-3-1-2-4-9(7)13/h1-4,8H,5-6,12H2,(H,15,16)/t8-/m0/s1. The van der Waals surface area contributed by atoms with Gasteiger partial charge in [-0.25, -0.2) is 0 Å². The van der Waals surface area contributed by atoms with Crippen molar-refractivity contribution in [2.24, 2.45) is 5.73 Å². The molecule has 0 aromatic heterocycles. The number of hydrogen-bond acceptors (Lipinski definition) is 4. The van der Waals surface area contributed by atoms with Gasteiger partial charge in [0.1, 0.15) is 6.04 Å². The molecule has 1 heterocycles. The van der Waals surface area contributed by atoms with Crippen molar-refractivity contribution in [2.45, 2.75) is 6.04 Å². The Hall–Kier alpha value is -1.88. The zero-order valence-electron chi connectivity index (χ0n) is 8.59. The van der Waals surface area contributed by atoms with E-state index in [1.54, 1.807) is 23.1 Å². The van der Waals surface area contributed by atoms with E-state index in [1.807, 2.05) is 6.07 Å². The van der Waals surface area contributed by atoms with Gasteiger partial charge < -0.3 is 15.7 Å². The molecule has 5 nitrogen and oxygen atoms in total. The molecule has 0 bridgehead atoms. The van der Waals surface area contributed by atoms with Crippen LogP contribution >= 0.6 is 0 Å². The number of Topliss-reactive ketones (excluding diaryl/α,β-unsaturated/α-hetero) is 1. The van der Waals surface area contributed by atoms with Crippen LogP contribution in [0, 0.1) is 0 Å². The first kappa shape index (κ1) is 10.6. The van der Waals surface area contributed by atoms with Gasteiger partial charge in [0.25, 0.3) is 0 Å². The normalized spacial score (nSPS) is 16.1. The largest absolute Gasteiger partial charge is 0.480 e. The van der Waals surface area contributed by atoms with Crippen LogP contribution in [0.15, 0.2) is 24.3 Å². The summed E-state index contributed by atoms with van der Waals surface area (Å²) in [6.07, 6.45) is 0. The summed E-state index contributed by atoms with van der Waals surface area (Å²) < 4.78 is 0. The average molecular weight is 220 g/mol. The van der Waals surface area contributed by atoms with Gasteiger partial charge in [-0.3, -0.25) is 9.59 Å². The van der Waals surface area contributed by atoms with Crippen molar-refractivity contribution in [1.82, 2.24) is 0 Å². The van der Waals surface area contributed by atoms with Crippen LogP contribution in [0.25, 0.3) is 0 Å². The molecule has 1 atom stereocenters. The maximum atomic E-state index is 11.6. The van der Waals surface area contributed by atoms with Gasteiger partial charge in [0.05, 0.1) is 6.54 Å². The number of carbonyl (C=O) groups is 2. The fourth-order valence-corrected chi connectivity index (χ4v) is 1.81. The highest BCUT2D eigenvalue weighted by atomic mass is 16.4. The molecule has 16 heavy (non-hydrogen) atoms. The van der Waals surface area contributed by atoms with Gasteiger partial charge in [0.2, 0.25) is 0 Å². The molecule has 0 saturated heterocycles. The molecule has 3 N–H and O–H groups in total. The Morgan fingerprint density at radius 2 is 2.19 bits per heavy atom. The summed E-state index contributed by atoms with van der Waals surface area (Å²) in [6, 6.07) is 6.17. The molecule has 0 aliphatic carbocycles. The van der Waals surface area contributed by atoms with Crippen LogP contribution in [0.1, 0.15) is 10.4 Å². The van der Waals surface area contributed by atoms with E-state index < -0.39 is 12.0 Å². The highest BCUT2D eigenvalue weighted by molar-refractivity contribution is 6.08. The van der Waals surface area contributed by atoms with Crippen molar-refractivity contribution in [3.8, 4) is 0 Å². The summed E-state index contributed by atoms with van der Waals surface area (Å²) in [6.45, 7) is 0.360. The quantitative estimate of drug-likeness (QED) is 0.754. The molecule has 0 spiro atoms. The molecule has 2 rings (SSSR count). The predicted octanol–water partition coefficient (Wildman–Crippen LogP) is 0.101. The molecule has 1 aliphatic heterocycles. The van der Waals surface area contributed by atoms with Crippen LogP contribution in [0.4, 0.5) is 5.69 Å². The summed E-state index contributed by atoms with van der Waals surface area (Å²) in [5, 5.41) is 8.72. The molecular weight excluding hydrogens is 208 g/mol. The molecule has 1 aliphatic rings. The number of hydrogen-bond donors (Lipinski definition) is 2. The molecule has 0 radical (unpaired) electrons. The monoisotopic (exact) mass is 220 g/mol. The lowest BCUT2D eigenvalue weighted by atomic mass is 10.1. The topological polar surface area (TPSA) is 83.6 Å². The SMILES string of the molecule is N[C@@H](CN1CC(=O)c2ccccc21)C(=O)O. The van der Waals surface area contributed by atoms with Gasteiger partial charge in [0, 0.05) is 17.8 Å². The van der Waals surface area contributed by atoms with Crippen LogP contribution in [0.5, 0.6) is 0 Å². The number of carboxylic acid groups (broad SMARTS) is 1. The van der Waals surface area contributed by atoms with Crippen LogP contribution in [0.2, 0.25) is 0 Å². The minimum atomic E-state index is -1.06. The number of fused-ring (bicyclic) bond motifs is 1. The molecule has 0 saturated carbocycles. The van der Waals surface area contributed by atoms with Crippen LogP contribution in [0.3, 0.4) is 0 Å². The van der Waals surface area contributed by atoms with Gasteiger partial charge in [-0.15, -0.1) is 0 Å². The van der Waals surface area contributed by atoms with Crippen molar-refractivity contribution in [3.05, 3.63) is 29.8 Å². The molecule has 84 valence electrons. The van der Waals surface area contributed by atoms with Crippen molar-refractivity contribution in [3.63, 3.8) is 0 Å². The number of benzene rings is 1. The maximum absolute atomic E-state index is 11.6. The predicted molar refractivity (Wildman–Crippen MR) is 58.6 cm³/mol. The van der Waals surface area contributed by atoms with Crippen molar-refractivity contribution in [2.75, 3.05) is 18.0 Å². The van der Waals surface area contributed by atoms with Gasteiger partial charge in [0.15, 0.2) is 5.78 Å². The van der Waals surface area contributed by atoms with Gasteiger partial charge in [-0.1, -0.05) is 12.1 Å². The van der Waals surface area contributed by atoms with E-state index in [4.69, 9.17) is 10.8 Å². The molecule has 0 unspecified atom stereocenters. The molecule has 1 aromatic rings. The van der Waals surface area contributed by atoms with E-state index >= 15 is 0 Å². The summed E-state index contributed by atoms with van der Waals surface area (Å²) >= 11 is 0. The second-order valence-electron chi connectivity index (χ2n) is 3.77. The minimum Gasteiger partial charge on any atom is -0.480 e. The van der Waals surface area contributed by atoms with E-state index in [2.05, 4.69) is 0 Å². The minimum absolute atomic E-state index is 0.00758. The van der Waals surface area contributed by atoms with Gasteiger partial charge in [-0.2, -0.15) is 0 Å². The zero-order chi connectivity index (χ0) is 11.7. The number of para-hydroxylation sites is 1. The number of carboxylic acids is 1. The third kappa shape index (κ3) is 1.77. The third-order valence-corrected chi connectivity index (χ3v) is 2.61. The van der Waals surface area contributed by atoms with E-state index in [9.17, 15) is 9.59 Å². The van der Waals surface area contributed by atoms with Crippen LogP contribution in [-0.4, -0.2) is 36.0 Å². The fourth-order valence-electron chi connectivity index (χ4n) is 1.81. The first-order chi connectivity index (χ1) is 7.59. The molecule has 1 aromatic carbocycles. The lowest BCUT2D eigenvalue weighted by molar-refractivity contribution is -0.138. The van der Waals surface area contributed by atoms with Gasteiger partial charge >= 0.3 is 5.97 Å². The number of anilines is 1. The lowest BCUT2D eigenvalue weighted by Gasteiger charge is -2.20. The van der Waals surface area contributed by atoms with Crippen LogP contribution in [-0.2, 0) is 4.79 Å². The summed E-state index contributed by atoms with van der Waals surface area (Å²) in [5.74, 6) is -1.05. The van der Waals surface area contributed by atoms with Crippen molar-refractivity contribution < 1.29 is 14.7 Å². The second kappa shape index (κ2) is 3.94. The van der Waals surface area contributed by atoms with Crippen LogP contribution < -0.4 is 10.6 Å². The van der Waals surface area contributed by atoms with Crippen molar-refractivity contribution in [1.29, 1.82) is 0 Å². The number of rotatable bonds is 3. The zero-order valence-corrected chi connectivity index (χ0v) is 8.59. The average Bonchev–Trinajstić information content (AvgIpc) is 2.57. The fraction of sp³-hybridized carbons (Fsp3) is 0.273. The number of aliphatic carboxylic acids is 1. The summed E-state index contributed by atoms with van der Waals surface area (Å²) in [4.78, 5) is 23.9. The molecule has 0 fully saturated rings. The Morgan fingerprint density at radius 3 is 2.88 bits per heavy atom. The van der Waals surface area contributed by atoms with E-state index in [0.717, 1.165) is 5.69 Å². The first-order valence-corrected chi connectivity index (χ1v) is 4.95. The number of carbonyl (C=O) groups excluding carboxylic acids is 1. The van der Waals surface area contributed by atoms with Gasteiger partial charge in [-0.05, 0) is 12.1 Å². The molecule has 0 amide bonds. The second-order valence-corrected chi connectivity index (χ2v) is 3.77. The number of ketones is 1. The highest BCUT2D eigenvalue weighted by Crippen LogP contribution is 2.27. The van der Waals surface area contributed by atoms with E-state index in [0.29, 0.717) is 5.56 Å². The first-order valence-electron chi connectivity index (χ1n) is 4.95. The summed E-state index contributed by atoms with van der Waals surface area (Å²) in [7, 11) is 0. The number of nitrogens with zero attached hydrogens (tertiary/aromatic N) is 1. The Labute approximate surface area is 92.5 Å². The Kier molecular flexibility index (Phi) is 2.62. The molecule has 5 heteroatoms. The Morgan fingerprint density at radius 1 is 1.50 bits per heavy atom. The van der Waals surface area contributed by atoms with Crippen molar-refractivity contribution >= 4 is 17.4 Å². The summed E-state index contributed by atoms with van der Waals surface area (Å²) in [5.41, 5.74) is 6.85. The maximum Gasteiger partial charge on any atom is 0.322 e.